The topological polar surface area (TPSA) is 95.7 Å². The molecular weight excluding hydrogens is 322 g/mol. The van der Waals surface area contributed by atoms with Crippen LogP contribution >= 0.6 is 0 Å². The molecule has 1 aromatic carbocycles. The average molecular weight is 345 g/mol. The van der Waals surface area contributed by atoms with Crippen molar-refractivity contribution in [2.24, 2.45) is 5.73 Å². The number of benzene rings is 1. The third kappa shape index (κ3) is 5.74. The second kappa shape index (κ2) is 9.61. The fourth-order valence-corrected chi connectivity index (χ4v) is 2.16. The Labute approximate surface area is 147 Å². The smallest absolute Gasteiger partial charge is 0.239 e. The van der Waals surface area contributed by atoms with E-state index in [1.165, 1.54) is 7.11 Å². The minimum Gasteiger partial charge on any atom is -0.493 e. The van der Waals surface area contributed by atoms with Gasteiger partial charge in [0.15, 0.2) is 11.5 Å². The van der Waals surface area contributed by atoms with Crippen molar-refractivity contribution in [2.75, 3.05) is 20.8 Å². The van der Waals surface area contributed by atoms with E-state index in [0.29, 0.717) is 24.7 Å². The summed E-state index contributed by atoms with van der Waals surface area (Å²) in [4.78, 5) is 15.9. The van der Waals surface area contributed by atoms with Crippen LogP contribution in [0.3, 0.4) is 0 Å². The van der Waals surface area contributed by atoms with Crippen molar-refractivity contribution in [2.45, 2.75) is 19.2 Å². The fourth-order valence-electron chi connectivity index (χ4n) is 2.16. The molecule has 2 aromatic rings. The molecule has 0 aliphatic heterocycles. The van der Waals surface area contributed by atoms with Crippen molar-refractivity contribution in [3.8, 4) is 11.5 Å². The second-order valence-corrected chi connectivity index (χ2v) is 5.41. The number of carbonyl (C=O) groups excluding carboxylic acids is 1. The first-order chi connectivity index (χ1) is 12.1. The third-order valence-corrected chi connectivity index (χ3v) is 3.49. The summed E-state index contributed by atoms with van der Waals surface area (Å²) in [6, 6.07) is 8.60. The van der Waals surface area contributed by atoms with Crippen LogP contribution in [0, 0.1) is 0 Å². The van der Waals surface area contributed by atoms with E-state index in [0.717, 1.165) is 11.1 Å². The number of nitrogens with two attached hydrogens (primary N) is 1. The lowest BCUT2D eigenvalue weighted by molar-refractivity contribution is -0.123. The summed E-state index contributed by atoms with van der Waals surface area (Å²) in [7, 11) is 3.07. The Bertz CT molecular complexity index is 679. The lowest BCUT2D eigenvalue weighted by Crippen LogP contribution is -2.43. The standard InChI is InChI=1S/C18H23N3O4/c1-23-12-15(19)18(22)21-10-13-5-6-16(17(8-13)24-2)25-11-14-4-3-7-20-9-14/h3-9,15H,10-12,19H2,1-2H3,(H,21,22). The Morgan fingerprint density at radius 1 is 1.24 bits per heavy atom. The Kier molecular flexibility index (Phi) is 7.18. The molecule has 1 heterocycles. The molecule has 0 aliphatic rings. The largest absolute Gasteiger partial charge is 0.493 e. The van der Waals surface area contributed by atoms with Crippen LogP contribution in [0.15, 0.2) is 42.7 Å². The van der Waals surface area contributed by atoms with Crippen LogP contribution in [0.1, 0.15) is 11.1 Å². The summed E-state index contributed by atoms with van der Waals surface area (Å²) < 4.78 is 16.0. The van der Waals surface area contributed by atoms with E-state index in [9.17, 15) is 4.79 Å². The summed E-state index contributed by atoms with van der Waals surface area (Å²) in [6.07, 6.45) is 3.46. The molecule has 0 radical (unpaired) electrons. The zero-order valence-corrected chi connectivity index (χ0v) is 14.4. The van der Waals surface area contributed by atoms with Crippen LogP contribution in [0.2, 0.25) is 0 Å². The Hall–Kier alpha value is -2.64. The van der Waals surface area contributed by atoms with Crippen molar-refractivity contribution >= 4 is 5.91 Å². The number of nitrogens with zero attached hydrogens (tertiary/aromatic N) is 1. The van der Waals surface area contributed by atoms with Crippen LogP contribution in [0.25, 0.3) is 0 Å². The summed E-state index contributed by atoms with van der Waals surface area (Å²) in [5.74, 6) is 0.951. The van der Waals surface area contributed by atoms with Gasteiger partial charge in [0, 0.05) is 31.6 Å². The predicted molar refractivity (Wildman–Crippen MR) is 93.3 cm³/mol. The van der Waals surface area contributed by atoms with Gasteiger partial charge in [0.1, 0.15) is 12.6 Å². The molecule has 1 amide bonds. The normalized spacial score (nSPS) is 11.6. The van der Waals surface area contributed by atoms with Gasteiger partial charge in [0.05, 0.1) is 13.7 Å². The summed E-state index contributed by atoms with van der Waals surface area (Å²) in [5.41, 5.74) is 7.52. The number of aromatic nitrogens is 1. The number of ether oxygens (including phenoxy) is 3. The molecule has 7 nitrogen and oxygen atoms in total. The third-order valence-electron chi connectivity index (χ3n) is 3.49. The van der Waals surface area contributed by atoms with E-state index in [1.54, 1.807) is 19.5 Å². The highest BCUT2D eigenvalue weighted by molar-refractivity contribution is 5.81. The number of carbonyl (C=O) groups is 1. The molecule has 3 N–H and O–H groups in total. The molecule has 2 rings (SSSR count). The Morgan fingerprint density at radius 2 is 2.08 bits per heavy atom. The first kappa shape index (κ1) is 18.7. The van der Waals surface area contributed by atoms with Crippen LogP contribution < -0.4 is 20.5 Å². The number of amides is 1. The van der Waals surface area contributed by atoms with Crippen LogP contribution in [-0.2, 0) is 22.7 Å². The van der Waals surface area contributed by atoms with Crippen molar-refractivity contribution in [1.29, 1.82) is 0 Å². The SMILES string of the molecule is COCC(N)C(=O)NCc1ccc(OCc2cccnc2)c(OC)c1. The van der Waals surface area contributed by atoms with Gasteiger partial charge >= 0.3 is 0 Å². The molecule has 0 spiro atoms. The molecule has 0 aliphatic carbocycles. The molecule has 0 saturated carbocycles. The summed E-state index contributed by atoms with van der Waals surface area (Å²) in [5, 5.41) is 2.76. The molecule has 1 aromatic heterocycles. The fraction of sp³-hybridized carbons (Fsp3) is 0.333. The van der Waals surface area contributed by atoms with E-state index in [2.05, 4.69) is 10.3 Å². The van der Waals surface area contributed by atoms with Crippen molar-refractivity contribution in [3.05, 3.63) is 53.9 Å². The minimum atomic E-state index is -0.686. The molecule has 25 heavy (non-hydrogen) atoms. The minimum absolute atomic E-state index is 0.177. The zero-order chi connectivity index (χ0) is 18.1. The first-order valence-electron chi connectivity index (χ1n) is 7.85. The second-order valence-electron chi connectivity index (χ2n) is 5.41. The Morgan fingerprint density at radius 3 is 2.76 bits per heavy atom. The van der Waals surface area contributed by atoms with Gasteiger partial charge in [-0.3, -0.25) is 9.78 Å². The molecule has 1 unspecified atom stereocenters. The maximum Gasteiger partial charge on any atom is 0.239 e. The highest BCUT2D eigenvalue weighted by Crippen LogP contribution is 2.28. The van der Waals surface area contributed by atoms with Crippen molar-refractivity contribution in [3.63, 3.8) is 0 Å². The highest BCUT2D eigenvalue weighted by atomic mass is 16.5. The number of hydrogen-bond acceptors (Lipinski definition) is 6. The van der Waals surface area contributed by atoms with Crippen LogP contribution in [0.4, 0.5) is 0 Å². The molecule has 0 fully saturated rings. The number of nitrogens with one attached hydrogen (secondary N) is 1. The predicted octanol–water partition coefficient (Wildman–Crippen LogP) is 1.26. The van der Waals surface area contributed by atoms with E-state index >= 15 is 0 Å². The number of hydrogen-bond donors (Lipinski definition) is 2. The van der Waals surface area contributed by atoms with Gasteiger partial charge in [0.2, 0.25) is 5.91 Å². The van der Waals surface area contributed by atoms with Gasteiger partial charge in [-0.05, 0) is 23.8 Å². The molecule has 1 atom stereocenters. The van der Waals surface area contributed by atoms with Gasteiger partial charge < -0.3 is 25.3 Å². The molecule has 0 saturated heterocycles. The average Bonchev–Trinajstić information content (AvgIpc) is 2.65. The molecular formula is C18H23N3O4. The van der Waals surface area contributed by atoms with Gasteiger partial charge in [0.25, 0.3) is 0 Å². The summed E-state index contributed by atoms with van der Waals surface area (Å²) in [6.45, 7) is 0.915. The van der Waals surface area contributed by atoms with Crippen molar-refractivity contribution in [1.82, 2.24) is 10.3 Å². The quantitative estimate of drug-likeness (QED) is 0.710. The van der Waals surface area contributed by atoms with E-state index in [4.69, 9.17) is 19.9 Å². The monoisotopic (exact) mass is 345 g/mol. The van der Waals surface area contributed by atoms with Crippen LogP contribution in [-0.4, -0.2) is 37.8 Å². The van der Waals surface area contributed by atoms with Crippen LogP contribution in [0.5, 0.6) is 11.5 Å². The maximum atomic E-state index is 11.8. The van der Waals surface area contributed by atoms with Gasteiger partial charge in [-0.25, -0.2) is 0 Å². The van der Waals surface area contributed by atoms with Crippen molar-refractivity contribution < 1.29 is 19.0 Å². The van der Waals surface area contributed by atoms with Gasteiger partial charge in [-0.15, -0.1) is 0 Å². The number of methoxy groups -OCH3 is 2. The zero-order valence-electron chi connectivity index (χ0n) is 14.4. The molecule has 0 bridgehead atoms. The lowest BCUT2D eigenvalue weighted by Gasteiger charge is -2.14. The van der Waals surface area contributed by atoms with E-state index < -0.39 is 6.04 Å². The number of rotatable bonds is 9. The molecule has 7 heteroatoms. The summed E-state index contributed by atoms with van der Waals surface area (Å²) >= 11 is 0. The Balaban J connectivity index is 1.95. The van der Waals surface area contributed by atoms with E-state index in [-0.39, 0.29) is 12.5 Å². The lowest BCUT2D eigenvalue weighted by atomic mass is 10.2. The molecule has 134 valence electrons. The van der Waals surface area contributed by atoms with Gasteiger partial charge in [-0.2, -0.15) is 0 Å². The highest BCUT2D eigenvalue weighted by Gasteiger charge is 2.13. The van der Waals surface area contributed by atoms with E-state index in [1.807, 2.05) is 30.3 Å². The maximum absolute atomic E-state index is 11.8. The first-order valence-corrected chi connectivity index (χ1v) is 7.85. The number of pyridine rings is 1. The van der Waals surface area contributed by atoms with Gasteiger partial charge in [-0.1, -0.05) is 12.1 Å².